The SMILES string of the molecule is CCCCCCC(=O)OCCOCCOc1ccc([N+](=O)[O-])cc1. The average Bonchev–Trinajstić information content (AvgIpc) is 2.58. The van der Waals surface area contributed by atoms with Crippen LogP contribution in [0.3, 0.4) is 0 Å². The van der Waals surface area contributed by atoms with E-state index in [9.17, 15) is 14.9 Å². The number of carbonyl (C=O) groups is 1. The third-order valence-electron chi connectivity index (χ3n) is 3.27. The van der Waals surface area contributed by atoms with Crippen molar-refractivity contribution >= 4 is 11.7 Å². The molecule has 1 aromatic rings. The van der Waals surface area contributed by atoms with Crippen LogP contribution in [0.15, 0.2) is 24.3 Å². The number of hydrogen-bond acceptors (Lipinski definition) is 6. The third kappa shape index (κ3) is 9.09. The number of nitro groups is 1. The van der Waals surface area contributed by atoms with E-state index in [0.29, 0.717) is 32.0 Å². The van der Waals surface area contributed by atoms with Crippen molar-refractivity contribution < 1.29 is 23.9 Å². The number of nitrogens with zero attached hydrogens (tertiary/aromatic N) is 1. The molecule has 24 heavy (non-hydrogen) atoms. The maximum atomic E-state index is 11.4. The van der Waals surface area contributed by atoms with Gasteiger partial charge in [-0.1, -0.05) is 26.2 Å². The number of carbonyl (C=O) groups excluding carboxylic acids is 1. The molecule has 1 rings (SSSR count). The number of non-ortho nitro benzene ring substituents is 1. The van der Waals surface area contributed by atoms with E-state index in [1.165, 1.54) is 12.1 Å². The molecule has 0 heterocycles. The van der Waals surface area contributed by atoms with E-state index in [1.807, 2.05) is 0 Å². The minimum atomic E-state index is -0.460. The van der Waals surface area contributed by atoms with E-state index in [0.717, 1.165) is 25.7 Å². The Kier molecular flexibility index (Phi) is 10.2. The van der Waals surface area contributed by atoms with Crippen LogP contribution in [0.25, 0.3) is 0 Å². The number of ether oxygens (including phenoxy) is 3. The zero-order valence-corrected chi connectivity index (χ0v) is 14.1. The van der Waals surface area contributed by atoms with Crippen molar-refractivity contribution in [3.8, 4) is 5.75 Å². The largest absolute Gasteiger partial charge is 0.491 e. The van der Waals surface area contributed by atoms with E-state index in [-0.39, 0.29) is 18.3 Å². The predicted octanol–water partition coefficient (Wildman–Crippen LogP) is 3.50. The van der Waals surface area contributed by atoms with Crippen molar-refractivity contribution in [2.45, 2.75) is 39.0 Å². The van der Waals surface area contributed by atoms with E-state index in [4.69, 9.17) is 14.2 Å². The number of esters is 1. The summed E-state index contributed by atoms with van der Waals surface area (Å²) in [5, 5.41) is 10.5. The first-order valence-electron chi connectivity index (χ1n) is 8.24. The standard InChI is InChI=1S/C17H25NO6/c1-2-3-4-5-6-17(19)24-14-12-22-11-13-23-16-9-7-15(8-10-16)18(20)21/h7-10H,2-6,11-14H2,1H3. The zero-order valence-electron chi connectivity index (χ0n) is 14.1. The topological polar surface area (TPSA) is 87.9 Å². The van der Waals surface area contributed by atoms with Gasteiger partial charge >= 0.3 is 5.97 Å². The van der Waals surface area contributed by atoms with Gasteiger partial charge in [-0.25, -0.2) is 0 Å². The summed E-state index contributed by atoms with van der Waals surface area (Å²) in [6, 6.07) is 5.85. The molecule has 0 radical (unpaired) electrons. The number of hydrogen-bond donors (Lipinski definition) is 0. The Balaban J connectivity index is 1.98. The van der Waals surface area contributed by atoms with Gasteiger partial charge in [-0.2, -0.15) is 0 Å². The number of unbranched alkanes of at least 4 members (excludes halogenated alkanes) is 3. The second-order valence-electron chi connectivity index (χ2n) is 5.24. The van der Waals surface area contributed by atoms with Gasteiger partial charge in [-0.05, 0) is 18.6 Å². The van der Waals surface area contributed by atoms with Crippen molar-refractivity contribution in [2.24, 2.45) is 0 Å². The molecular formula is C17H25NO6. The molecule has 0 bridgehead atoms. The average molecular weight is 339 g/mol. The Morgan fingerprint density at radius 3 is 2.42 bits per heavy atom. The Morgan fingerprint density at radius 2 is 1.75 bits per heavy atom. The predicted molar refractivity (Wildman–Crippen MR) is 89.1 cm³/mol. The molecular weight excluding hydrogens is 314 g/mol. The zero-order chi connectivity index (χ0) is 17.6. The van der Waals surface area contributed by atoms with E-state index >= 15 is 0 Å². The normalized spacial score (nSPS) is 10.4. The molecule has 7 nitrogen and oxygen atoms in total. The molecule has 0 unspecified atom stereocenters. The van der Waals surface area contributed by atoms with Gasteiger partial charge in [0.25, 0.3) is 5.69 Å². The van der Waals surface area contributed by atoms with Gasteiger partial charge in [0.15, 0.2) is 0 Å². The van der Waals surface area contributed by atoms with Crippen LogP contribution in [0.5, 0.6) is 5.75 Å². The number of rotatable bonds is 13. The van der Waals surface area contributed by atoms with Crippen molar-refractivity contribution in [1.82, 2.24) is 0 Å². The smallest absolute Gasteiger partial charge is 0.305 e. The molecule has 0 spiro atoms. The lowest BCUT2D eigenvalue weighted by atomic mass is 10.2. The summed E-state index contributed by atoms with van der Waals surface area (Å²) in [5.74, 6) is 0.361. The second-order valence-corrected chi connectivity index (χ2v) is 5.24. The second kappa shape index (κ2) is 12.3. The van der Waals surface area contributed by atoms with Gasteiger partial charge in [-0.3, -0.25) is 14.9 Å². The molecule has 0 saturated heterocycles. The van der Waals surface area contributed by atoms with Gasteiger partial charge in [0.05, 0.1) is 18.1 Å². The highest BCUT2D eigenvalue weighted by Crippen LogP contribution is 2.17. The molecule has 0 fully saturated rings. The fraction of sp³-hybridized carbons (Fsp3) is 0.588. The molecule has 7 heteroatoms. The molecule has 0 saturated carbocycles. The van der Waals surface area contributed by atoms with Crippen LogP contribution < -0.4 is 4.74 Å². The summed E-state index contributed by atoms with van der Waals surface area (Å²) >= 11 is 0. The Labute approximate surface area is 142 Å². The van der Waals surface area contributed by atoms with Crippen molar-refractivity contribution in [3.05, 3.63) is 34.4 Å². The summed E-state index contributed by atoms with van der Waals surface area (Å²) in [4.78, 5) is 21.5. The van der Waals surface area contributed by atoms with Crippen LogP contribution in [-0.4, -0.2) is 37.3 Å². The third-order valence-corrected chi connectivity index (χ3v) is 3.27. The summed E-state index contributed by atoms with van der Waals surface area (Å²) < 4.78 is 15.7. The summed E-state index contributed by atoms with van der Waals surface area (Å²) in [7, 11) is 0. The first kappa shape index (κ1) is 19.9. The van der Waals surface area contributed by atoms with Gasteiger partial charge in [0.2, 0.25) is 0 Å². The van der Waals surface area contributed by atoms with Crippen molar-refractivity contribution in [2.75, 3.05) is 26.4 Å². The molecule has 0 aliphatic carbocycles. The molecule has 0 atom stereocenters. The van der Waals surface area contributed by atoms with E-state index < -0.39 is 4.92 Å². The van der Waals surface area contributed by atoms with Crippen LogP contribution in [-0.2, 0) is 14.3 Å². The van der Waals surface area contributed by atoms with Crippen LogP contribution in [0.2, 0.25) is 0 Å². The van der Waals surface area contributed by atoms with Gasteiger partial charge < -0.3 is 14.2 Å². The lowest BCUT2D eigenvalue weighted by Gasteiger charge is -2.08. The Morgan fingerprint density at radius 1 is 1.04 bits per heavy atom. The van der Waals surface area contributed by atoms with Crippen LogP contribution in [0.1, 0.15) is 39.0 Å². The minimum absolute atomic E-state index is 0.0233. The molecule has 0 N–H and O–H groups in total. The monoisotopic (exact) mass is 339 g/mol. The van der Waals surface area contributed by atoms with E-state index in [1.54, 1.807) is 12.1 Å². The maximum absolute atomic E-state index is 11.4. The highest BCUT2D eigenvalue weighted by Gasteiger charge is 2.04. The molecule has 0 aliphatic rings. The minimum Gasteiger partial charge on any atom is -0.491 e. The van der Waals surface area contributed by atoms with Crippen molar-refractivity contribution in [1.29, 1.82) is 0 Å². The Hall–Kier alpha value is -2.15. The quantitative estimate of drug-likeness (QED) is 0.236. The van der Waals surface area contributed by atoms with Gasteiger partial charge in [-0.15, -0.1) is 0 Å². The fourth-order valence-electron chi connectivity index (χ4n) is 1.97. The molecule has 0 aliphatic heterocycles. The molecule has 0 aromatic heterocycles. The lowest BCUT2D eigenvalue weighted by molar-refractivity contribution is -0.384. The van der Waals surface area contributed by atoms with Crippen LogP contribution in [0, 0.1) is 10.1 Å². The molecule has 0 amide bonds. The number of benzene rings is 1. The summed E-state index contributed by atoms with van der Waals surface area (Å²) in [6.45, 7) is 3.36. The highest BCUT2D eigenvalue weighted by atomic mass is 16.6. The fourth-order valence-corrected chi connectivity index (χ4v) is 1.97. The first-order chi connectivity index (χ1) is 11.6. The van der Waals surface area contributed by atoms with E-state index in [2.05, 4.69) is 6.92 Å². The lowest BCUT2D eigenvalue weighted by Crippen LogP contribution is -2.13. The summed E-state index contributed by atoms with van der Waals surface area (Å²) in [5.41, 5.74) is 0.0233. The van der Waals surface area contributed by atoms with Crippen molar-refractivity contribution in [3.63, 3.8) is 0 Å². The van der Waals surface area contributed by atoms with Gasteiger partial charge in [0, 0.05) is 18.6 Å². The number of nitro benzene ring substituents is 1. The van der Waals surface area contributed by atoms with Gasteiger partial charge in [0.1, 0.15) is 19.0 Å². The first-order valence-corrected chi connectivity index (χ1v) is 8.24. The highest BCUT2D eigenvalue weighted by molar-refractivity contribution is 5.69. The summed E-state index contributed by atoms with van der Waals surface area (Å²) in [6.07, 6.45) is 4.68. The van der Waals surface area contributed by atoms with Crippen LogP contribution in [0.4, 0.5) is 5.69 Å². The van der Waals surface area contributed by atoms with Crippen LogP contribution >= 0.6 is 0 Å². The molecule has 134 valence electrons. The molecule has 1 aromatic carbocycles. The maximum Gasteiger partial charge on any atom is 0.305 e. The Bertz CT molecular complexity index is 488.